The molecule has 0 aliphatic carbocycles. The quantitative estimate of drug-likeness (QED) is 0.867. The van der Waals surface area contributed by atoms with Crippen molar-refractivity contribution >= 4 is 27.3 Å². The van der Waals surface area contributed by atoms with Crippen molar-refractivity contribution in [3.8, 4) is 0 Å². The summed E-state index contributed by atoms with van der Waals surface area (Å²) >= 11 is 5.33. The van der Waals surface area contributed by atoms with Crippen LogP contribution < -0.4 is 5.32 Å². The van der Waals surface area contributed by atoms with Crippen LogP contribution in [-0.4, -0.2) is 13.6 Å². The van der Waals surface area contributed by atoms with Gasteiger partial charge in [-0.2, -0.15) is 0 Å². The normalized spacial score (nSPS) is 15.4. The van der Waals surface area contributed by atoms with Crippen molar-refractivity contribution in [3.63, 3.8) is 0 Å². The molecule has 1 aromatic heterocycles. The Morgan fingerprint density at radius 2 is 2.14 bits per heavy atom. The first-order valence-electron chi connectivity index (χ1n) is 5.01. The summed E-state index contributed by atoms with van der Waals surface area (Å²) in [5.74, 6) is 1.48. The van der Waals surface area contributed by atoms with Gasteiger partial charge in [0.15, 0.2) is 0 Å². The summed E-state index contributed by atoms with van der Waals surface area (Å²) in [4.78, 5) is 1.48. The minimum absolute atomic E-state index is 0.737. The zero-order valence-corrected chi connectivity index (χ0v) is 11.4. The molecule has 1 heterocycles. The Morgan fingerprint density at radius 1 is 1.43 bits per heavy atom. The molecule has 0 aromatic carbocycles. The van der Waals surface area contributed by atoms with E-state index >= 15 is 0 Å². The van der Waals surface area contributed by atoms with Crippen molar-refractivity contribution in [2.45, 2.75) is 20.3 Å². The van der Waals surface area contributed by atoms with Gasteiger partial charge in [0.1, 0.15) is 0 Å². The Morgan fingerprint density at radius 3 is 2.64 bits per heavy atom. The van der Waals surface area contributed by atoms with Gasteiger partial charge in [0.2, 0.25) is 0 Å². The molecule has 0 radical (unpaired) electrons. The zero-order chi connectivity index (χ0) is 10.6. The van der Waals surface area contributed by atoms with E-state index in [-0.39, 0.29) is 0 Å². The smallest absolute Gasteiger partial charge is 0.0285 e. The third kappa shape index (κ3) is 3.71. The fraction of sp³-hybridized carbons (Fsp3) is 0.636. The van der Waals surface area contributed by atoms with E-state index in [4.69, 9.17) is 0 Å². The fourth-order valence-corrected chi connectivity index (χ4v) is 3.10. The second-order valence-corrected chi connectivity index (χ2v) is 5.86. The van der Waals surface area contributed by atoms with Crippen molar-refractivity contribution in [1.82, 2.24) is 5.32 Å². The Bertz CT molecular complexity index is 272. The second kappa shape index (κ2) is 5.89. The topological polar surface area (TPSA) is 12.0 Å². The highest BCUT2D eigenvalue weighted by atomic mass is 79.9. The molecule has 0 saturated carbocycles. The van der Waals surface area contributed by atoms with Gasteiger partial charge < -0.3 is 5.32 Å². The lowest BCUT2D eigenvalue weighted by Crippen LogP contribution is -2.22. The standard InChI is InChI=1S/C11H18BrNS/c1-8(9(2)6-13-3)4-11-5-10(12)7-14-11/h5,7-9,13H,4,6H2,1-3H3. The van der Waals surface area contributed by atoms with Crippen molar-refractivity contribution in [2.75, 3.05) is 13.6 Å². The second-order valence-electron chi connectivity index (χ2n) is 3.95. The van der Waals surface area contributed by atoms with Gasteiger partial charge in [0.25, 0.3) is 0 Å². The summed E-state index contributed by atoms with van der Waals surface area (Å²) in [6.07, 6.45) is 1.19. The van der Waals surface area contributed by atoms with Gasteiger partial charge in [-0.1, -0.05) is 13.8 Å². The zero-order valence-electron chi connectivity index (χ0n) is 9.01. The van der Waals surface area contributed by atoms with E-state index in [2.05, 4.69) is 46.5 Å². The maximum absolute atomic E-state index is 3.49. The molecule has 0 aliphatic rings. The Labute approximate surface area is 99.0 Å². The monoisotopic (exact) mass is 275 g/mol. The van der Waals surface area contributed by atoms with E-state index in [1.165, 1.54) is 15.8 Å². The molecule has 14 heavy (non-hydrogen) atoms. The van der Waals surface area contributed by atoms with E-state index in [0.717, 1.165) is 18.4 Å². The first-order valence-corrected chi connectivity index (χ1v) is 6.68. The molecule has 1 nitrogen and oxygen atoms in total. The summed E-state index contributed by atoms with van der Waals surface area (Å²) in [5.41, 5.74) is 0. The van der Waals surface area contributed by atoms with Crippen molar-refractivity contribution in [3.05, 3.63) is 20.8 Å². The van der Waals surface area contributed by atoms with Crippen LogP contribution in [-0.2, 0) is 6.42 Å². The van der Waals surface area contributed by atoms with Crippen molar-refractivity contribution in [1.29, 1.82) is 0 Å². The molecule has 1 rings (SSSR count). The molecular formula is C11H18BrNS. The molecule has 2 unspecified atom stereocenters. The first-order chi connectivity index (χ1) is 6.63. The van der Waals surface area contributed by atoms with Gasteiger partial charge in [-0.25, -0.2) is 0 Å². The molecule has 0 aliphatic heterocycles. The van der Waals surface area contributed by atoms with Crippen LogP contribution in [0.3, 0.4) is 0 Å². The van der Waals surface area contributed by atoms with Gasteiger partial charge in [0, 0.05) is 14.7 Å². The minimum atomic E-state index is 0.737. The van der Waals surface area contributed by atoms with Gasteiger partial charge in [-0.3, -0.25) is 0 Å². The summed E-state index contributed by atoms with van der Waals surface area (Å²) in [7, 11) is 2.02. The highest BCUT2D eigenvalue weighted by molar-refractivity contribution is 9.10. The van der Waals surface area contributed by atoms with E-state index in [0.29, 0.717) is 0 Å². The summed E-state index contributed by atoms with van der Waals surface area (Å²) in [5, 5.41) is 5.39. The highest BCUT2D eigenvalue weighted by Gasteiger charge is 2.12. The summed E-state index contributed by atoms with van der Waals surface area (Å²) in [6.45, 7) is 5.74. The van der Waals surface area contributed by atoms with Crippen molar-refractivity contribution in [2.24, 2.45) is 11.8 Å². The molecule has 2 atom stereocenters. The van der Waals surface area contributed by atoms with E-state index in [1.807, 2.05) is 18.4 Å². The van der Waals surface area contributed by atoms with Crippen LogP contribution in [0.2, 0.25) is 0 Å². The summed E-state index contributed by atoms with van der Waals surface area (Å²) < 4.78 is 1.21. The molecule has 3 heteroatoms. The van der Waals surface area contributed by atoms with Crippen LogP contribution >= 0.6 is 27.3 Å². The number of hydrogen-bond acceptors (Lipinski definition) is 2. The number of thiophene rings is 1. The van der Waals surface area contributed by atoms with Crippen LogP contribution in [0, 0.1) is 11.8 Å². The van der Waals surface area contributed by atoms with E-state index < -0.39 is 0 Å². The third-order valence-electron chi connectivity index (χ3n) is 2.64. The Balaban J connectivity index is 2.43. The molecule has 0 amide bonds. The Hall–Kier alpha value is 0.140. The molecule has 0 spiro atoms. The van der Waals surface area contributed by atoms with Crippen LogP contribution in [0.25, 0.3) is 0 Å². The molecule has 1 N–H and O–H groups in total. The lowest BCUT2D eigenvalue weighted by Gasteiger charge is -2.18. The van der Waals surface area contributed by atoms with Gasteiger partial charge >= 0.3 is 0 Å². The lowest BCUT2D eigenvalue weighted by molar-refractivity contribution is 0.376. The fourth-order valence-electron chi connectivity index (χ4n) is 1.50. The van der Waals surface area contributed by atoms with Gasteiger partial charge in [0.05, 0.1) is 0 Å². The molecular weight excluding hydrogens is 258 g/mol. The van der Waals surface area contributed by atoms with Crippen LogP contribution in [0.15, 0.2) is 15.9 Å². The third-order valence-corrected chi connectivity index (χ3v) is 4.36. The predicted molar refractivity (Wildman–Crippen MR) is 68.0 cm³/mol. The van der Waals surface area contributed by atoms with Crippen molar-refractivity contribution < 1.29 is 0 Å². The lowest BCUT2D eigenvalue weighted by atomic mass is 9.92. The van der Waals surface area contributed by atoms with Gasteiger partial charge in [-0.05, 0) is 53.8 Å². The van der Waals surface area contributed by atoms with E-state index in [1.54, 1.807) is 0 Å². The summed E-state index contributed by atoms with van der Waals surface area (Å²) in [6, 6.07) is 2.23. The molecule has 80 valence electrons. The molecule has 0 fully saturated rings. The molecule has 0 bridgehead atoms. The number of halogens is 1. The maximum Gasteiger partial charge on any atom is 0.0285 e. The average molecular weight is 276 g/mol. The van der Waals surface area contributed by atoms with Crippen LogP contribution in [0.4, 0.5) is 0 Å². The van der Waals surface area contributed by atoms with Crippen LogP contribution in [0.1, 0.15) is 18.7 Å². The largest absolute Gasteiger partial charge is 0.319 e. The molecule has 0 saturated heterocycles. The molecule has 1 aromatic rings. The minimum Gasteiger partial charge on any atom is -0.319 e. The SMILES string of the molecule is CNCC(C)C(C)Cc1cc(Br)cs1. The van der Waals surface area contributed by atoms with Gasteiger partial charge in [-0.15, -0.1) is 11.3 Å². The van der Waals surface area contributed by atoms with E-state index in [9.17, 15) is 0 Å². The van der Waals surface area contributed by atoms with Crippen LogP contribution in [0.5, 0.6) is 0 Å². The average Bonchev–Trinajstić information content (AvgIpc) is 2.51. The number of rotatable bonds is 5. The predicted octanol–water partition coefficient (Wildman–Crippen LogP) is 3.54. The maximum atomic E-state index is 3.49. The Kier molecular flexibility index (Phi) is 5.13. The number of hydrogen-bond donors (Lipinski definition) is 1. The highest BCUT2D eigenvalue weighted by Crippen LogP contribution is 2.24. The number of nitrogens with one attached hydrogen (secondary N) is 1. The first kappa shape index (κ1) is 12.2.